The maximum Gasteiger partial charge on any atom is 0.251 e. The predicted octanol–water partition coefficient (Wildman–Crippen LogP) is 1.47. The monoisotopic (exact) mass is 275 g/mol. The lowest BCUT2D eigenvalue weighted by Gasteiger charge is -2.30. The molecule has 1 aliphatic rings. The van der Waals surface area contributed by atoms with Crippen molar-refractivity contribution in [2.45, 2.75) is 25.8 Å². The third-order valence-electron chi connectivity index (χ3n) is 3.49. The van der Waals surface area contributed by atoms with Crippen molar-refractivity contribution in [2.75, 3.05) is 25.5 Å². The van der Waals surface area contributed by atoms with Crippen LogP contribution in [0.5, 0.6) is 0 Å². The van der Waals surface area contributed by atoms with E-state index in [1.54, 1.807) is 11.9 Å². The normalized spacial score (nSPS) is 18.8. The minimum atomic E-state index is -0.0826. The Morgan fingerprint density at radius 1 is 1.35 bits per heavy atom. The molecule has 5 heteroatoms. The minimum Gasteiger partial charge on any atom is -0.385 e. The van der Waals surface area contributed by atoms with Crippen molar-refractivity contribution in [1.29, 1.82) is 0 Å². The van der Waals surface area contributed by atoms with Gasteiger partial charge in [-0.15, -0.1) is 0 Å². The van der Waals surface area contributed by atoms with Crippen LogP contribution in [0.1, 0.15) is 30.1 Å². The molecule has 108 valence electrons. The van der Waals surface area contributed by atoms with Gasteiger partial charge in [0.15, 0.2) is 0 Å². The molecule has 1 aromatic rings. The molecule has 2 rings (SSSR count). The van der Waals surface area contributed by atoms with Crippen molar-refractivity contribution >= 4 is 17.5 Å². The maximum absolute atomic E-state index is 12.1. The van der Waals surface area contributed by atoms with Crippen LogP contribution in [0.3, 0.4) is 0 Å². The molecular weight excluding hydrogens is 254 g/mol. The average Bonchev–Trinajstić information content (AvgIpc) is 2.44. The van der Waals surface area contributed by atoms with Gasteiger partial charge in [0.2, 0.25) is 5.91 Å². The van der Waals surface area contributed by atoms with Crippen LogP contribution in [-0.4, -0.2) is 42.9 Å². The number of piperidine rings is 1. The van der Waals surface area contributed by atoms with Crippen LogP contribution in [0.4, 0.5) is 5.69 Å². The molecule has 1 saturated heterocycles. The number of carbonyl (C=O) groups is 2. The number of hydrogen-bond acceptors (Lipinski definition) is 3. The summed E-state index contributed by atoms with van der Waals surface area (Å²) in [4.78, 5) is 25.2. The SMILES string of the molecule is CCNc1ccc(C(=O)NC2CCC(=O)N(C)C2)cc1. The minimum absolute atomic E-state index is 0.0404. The van der Waals surface area contributed by atoms with Gasteiger partial charge in [0, 0.05) is 43.9 Å². The molecule has 0 radical (unpaired) electrons. The first-order chi connectivity index (χ1) is 9.60. The van der Waals surface area contributed by atoms with Crippen LogP contribution in [0.25, 0.3) is 0 Å². The van der Waals surface area contributed by atoms with Crippen LogP contribution < -0.4 is 10.6 Å². The number of nitrogens with one attached hydrogen (secondary N) is 2. The highest BCUT2D eigenvalue weighted by Crippen LogP contribution is 2.12. The van der Waals surface area contributed by atoms with Crippen molar-refractivity contribution in [1.82, 2.24) is 10.2 Å². The van der Waals surface area contributed by atoms with E-state index in [-0.39, 0.29) is 17.9 Å². The van der Waals surface area contributed by atoms with Gasteiger partial charge in [-0.05, 0) is 37.6 Å². The number of nitrogens with zero attached hydrogens (tertiary/aromatic N) is 1. The van der Waals surface area contributed by atoms with Crippen LogP contribution in [-0.2, 0) is 4.79 Å². The summed E-state index contributed by atoms with van der Waals surface area (Å²) in [5.74, 6) is 0.0614. The topological polar surface area (TPSA) is 61.4 Å². The Morgan fingerprint density at radius 3 is 2.65 bits per heavy atom. The number of likely N-dealkylation sites (tertiary alicyclic amines) is 1. The molecule has 20 heavy (non-hydrogen) atoms. The summed E-state index contributed by atoms with van der Waals surface area (Å²) in [5, 5.41) is 6.17. The van der Waals surface area contributed by atoms with Crippen molar-refractivity contribution in [2.24, 2.45) is 0 Å². The molecule has 0 aromatic heterocycles. The highest BCUT2D eigenvalue weighted by atomic mass is 16.2. The van der Waals surface area contributed by atoms with Crippen LogP contribution in [0, 0.1) is 0 Å². The molecule has 0 aliphatic carbocycles. The van der Waals surface area contributed by atoms with Gasteiger partial charge in [-0.3, -0.25) is 9.59 Å². The molecule has 2 amide bonds. The quantitative estimate of drug-likeness (QED) is 0.874. The third kappa shape index (κ3) is 3.50. The highest BCUT2D eigenvalue weighted by molar-refractivity contribution is 5.94. The fourth-order valence-corrected chi connectivity index (χ4v) is 2.34. The number of anilines is 1. The number of hydrogen-bond donors (Lipinski definition) is 2. The van der Waals surface area contributed by atoms with E-state index in [1.165, 1.54) is 0 Å². The summed E-state index contributed by atoms with van der Waals surface area (Å²) in [6.45, 7) is 3.47. The molecular formula is C15H21N3O2. The van der Waals surface area contributed by atoms with Gasteiger partial charge >= 0.3 is 0 Å². The lowest BCUT2D eigenvalue weighted by atomic mass is 10.0. The van der Waals surface area contributed by atoms with E-state index in [9.17, 15) is 9.59 Å². The maximum atomic E-state index is 12.1. The fraction of sp³-hybridized carbons (Fsp3) is 0.467. The van der Waals surface area contributed by atoms with E-state index in [0.29, 0.717) is 24.9 Å². The Bertz CT molecular complexity index is 484. The largest absolute Gasteiger partial charge is 0.385 e. The second-order valence-electron chi connectivity index (χ2n) is 5.09. The average molecular weight is 275 g/mol. The first-order valence-corrected chi connectivity index (χ1v) is 6.99. The molecule has 1 unspecified atom stereocenters. The van der Waals surface area contributed by atoms with E-state index < -0.39 is 0 Å². The van der Waals surface area contributed by atoms with E-state index in [4.69, 9.17) is 0 Å². The Hall–Kier alpha value is -2.04. The number of amides is 2. The van der Waals surface area contributed by atoms with Gasteiger partial charge in [-0.25, -0.2) is 0 Å². The molecule has 0 bridgehead atoms. The summed E-state index contributed by atoms with van der Waals surface area (Å²) in [6.07, 6.45) is 1.21. The Balaban J connectivity index is 1.92. The third-order valence-corrected chi connectivity index (χ3v) is 3.49. The van der Waals surface area contributed by atoms with Crippen LogP contribution in [0.2, 0.25) is 0 Å². The van der Waals surface area contributed by atoms with Gasteiger partial charge in [0.1, 0.15) is 0 Å². The lowest BCUT2D eigenvalue weighted by Crippen LogP contribution is -2.48. The summed E-state index contributed by atoms with van der Waals surface area (Å²) >= 11 is 0. The molecule has 1 heterocycles. The molecule has 2 N–H and O–H groups in total. The number of carbonyl (C=O) groups excluding carboxylic acids is 2. The Kier molecular flexibility index (Phi) is 4.61. The number of rotatable bonds is 4. The summed E-state index contributed by atoms with van der Waals surface area (Å²) in [6, 6.07) is 7.46. The molecule has 0 spiro atoms. The zero-order valence-electron chi connectivity index (χ0n) is 12.0. The van der Waals surface area contributed by atoms with E-state index in [2.05, 4.69) is 10.6 Å². The molecule has 1 atom stereocenters. The number of likely N-dealkylation sites (N-methyl/N-ethyl adjacent to an activating group) is 1. The zero-order chi connectivity index (χ0) is 14.5. The molecule has 1 fully saturated rings. The van der Waals surface area contributed by atoms with E-state index in [1.807, 2.05) is 31.2 Å². The molecule has 0 saturated carbocycles. The summed E-state index contributed by atoms with van der Waals surface area (Å²) < 4.78 is 0. The summed E-state index contributed by atoms with van der Waals surface area (Å²) in [7, 11) is 1.77. The van der Waals surface area contributed by atoms with Crippen molar-refractivity contribution in [3.63, 3.8) is 0 Å². The summed E-state index contributed by atoms with van der Waals surface area (Å²) in [5.41, 5.74) is 1.65. The van der Waals surface area contributed by atoms with Gasteiger partial charge < -0.3 is 15.5 Å². The first kappa shape index (κ1) is 14.4. The van der Waals surface area contributed by atoms with Gasteiger partial charge in [-0.2, -0.15) is 0 Å². The molecule has 1 aliphatic heterocycles. The second kappa shape index (κ2) is 6.41. The highest BCUT2D eigenvalue weighted by Gasteiger charge is 2.24. The van der Waals surface area contributed by atoms with Crippen molar-refractivity contribution in [3.05, 3.63) is 29.8 Å². The van der Waals surface area contributed by atoms with Gasteiger partial charge in [0.25, 0.3) is 5.91 Å². The molecule has 1 aromatic carbocycles. The van der Waals surface area contributed by atoms with Crippen LogP contribution >= 0.6 is 0 Å². The predicted molar refractivity (Wildman–Crippen MR) is 78.7 cm³/mol. The number of benzene rings is 1. The van der Waals surface area contributed by atoms with E-state index >= 15 is 0 Å². The van der Waals surface area contributed by atoms with Crippen molar-refractivity contribution < 1.29 is 9.59 Å². The lowest BCUT2D eigenvalue weighted by molar-refractivity contribution is -0.132. The van der Waals surface area contributed by atoms with Gasteiger partial charge in [0.05, 0.1) is 0 Å². The fourth-order valence-electron chi connectivity index (χ4n) is 2.34. The smallest absolute Gasteiger partial charge is 0.251 e. The van der Waals surface area contributed by atoms with Gasteiger partial charge in [-0.1, -0.05) is 0 Å². The van der Waals surface area contributed by atoms with Crippen molar-refractivity contribution in [3.8, 4) is 0 Å². The Morgan fingerprint density at radius 2 is 2.05 bits per heavy atom. The zero-order valence-corrected chi connectivity index (χ0v) is 12.0. The standard InChI is InChI=1S/C15H21N3O2/c1-3-16-12-6-4-11(5-7-12)15(20)17-13-8-9-14(19)18(2)10-13/h4-7,13,16H,3,8-10H2,1-2H3,(H,17,20). The molecule has 5 nitrogen and oxygen atoms in total. The van der Waals surface area contributed by atoms with E-state index in [0.717, 1.165) is 12.2 Å². The second-order valence-corrected chi connectivity index (χ2v) is 5.09. The first-order valence-electron chi connectivity index (χ1n) is 6.99. The Labute approximate surface area is 119 Å². The van der Waals surface area contributed by atoms with Crippen LogP contribution in [0.15, 0.2) is 24.3 Å².